The average molecular weight is 193 g/mol. The summed E-state index contributed by atoms with van der Waals surface area (Å²) in [5.74, 6) is 1.42. The highest BCUT2D eigenvalue weighted by Gasteiger charge is 2.61. The van der Waals surface area contributed by atoms with Gasteiger partial charge in [0.1, 0.15) is 0 Å². The summed E-state index contributed by atoms with van der Waals surface area (Å²) >= 11 is 0. The van der Waals surface area contributed by atoms with Gasteiger partial charge >= 0.3 is 0 Å². The zero-order valence-corrected chi connectivity index (χ0v) is 9.32. The third-order valence-electron chi connectivity index (χ3n) is 5.27. The van der Waals surface area contributed by atoms with Gasteiger partial charge in [0.15, 0.2) is 0 Å². The van der Waals surface area contributed by atoms with Crippen LogP contribution in [0.15, 0.2) is 5.11 Å². The van der Waals surface area contributed by atoms with Crippen LogP contribution in [0.2, 0.25) is 0 Å². The van der Waals surface area contributed by atoms with Gasteiger partial charge in [-0.3, -0.25) is 0 Å². The summed E-state index contributed by atoms with van der Waals surface area (Å²) < 4.78 is 0. The molecule has 0 aromatic carbocycles. The Hall–Kier alpha value is -0.690. The lowest BCUT2D eigenvalue weighted by atomic mass is 9.62. The van der Waals surface area contributed by atoms with Gasteiger partial charge < -0.3 is 0 Å². The lowest BCUT2D eigenvalue weighted by Gasteiger charge is -2.46. The fourth-order valence-corrected chi connectivity index (χ4v) is 3.89. The Kier molecular flexibility index (Phi) is 2.04. The van der Waals surface area contributed by atoms with E-state index in [0.29, 0.717) is 5.92 Å². The molecule has 0 aromatic heterocycles. The van der Waals surface area contributed by atoms with E-state index in [1.54, 1.807) is 0 Å². The van der Waals surface area contributed by atoms with Crippen molar-refractivity contribution in [2.45, 2.75) is 52.0 Å². The molecule has 3 heteroatoms. The molecule has 3 nitrogen and oxygen atoms in total. The van der Waals surface area contributed by atoms with E-state index in [4.69, 9.17) is 5.53 Å². The quantitative estimate of drug-likeness (QED) is 0.363. The predicted molar refractivity (Wildman–Crippen MR) is 56.8 cm³/mol. The van der Waals surface area contributed by atoms with E-state index in [0.717, 1.165) is 12.3 Å². The van der Waals surface area contributed by atoms with Crippen LogP contribution in [-0.2, 0) is 0 Å². The minimum Gasteiger partial charge on any atom is -0.0867 e. The van der Waals surface area contributed by atoms with E-state index < -0.39 is 0 Å². The second-order valence-corrected chi connectivity index (χ2v) is 5.31. The molecule has 0 N–H and O–H groups in total. The van der Waals surface area contributed by atoms with Gasteiger partial charge in [-0.1, -0.05) is 25.9 Å². The molecule has 0 aromatic rings. The van der Waals surface area contributed by atoms with Gasteiger partial charge in [-0.2, -0.15) is 0 Å². The largest absolute Gasteiger partial charge is 0.0867 e. The first-order valence-corrected chi connectivity index (χ1v) is 5.64. The van der Waals surface area contributed by atoms with Crippen LogP contribution in [0.3, 0.4) is 0 Å². The predicted octanol–water partition coefficient (Wildman–Crippen LogP) is 3.90. The molecule has 4 atom stereocenters. The number of azide groups is 1. The second kappa shape index (κ2) is 2.90. The third kappa shape index (κ3) is 0.912. The first kappa shape index (κ1) is 9.85. The van der Waals surface area contributed by atoms with Crippen LogP contribution >= 0.6 is 0 Å². The molecule has 2 rings (SSSR count). The molecule has 2 saturated carbocycles. The lowest BCUT2D eigenvalue weighted by molar-refractivity contribution is 0.0765. The highest BCUT2D eigenvalue weighted by Crippen LogP contribution is 2.64. The van der Waals surface area contributed by atoms with E-state index >= 15 is 0 Å². The summed E-state index contributed by atoms with van der Waals surface area (Å²) in [6, 6.07) is 0. The van der Waals surface area contributed by atoms with Crippen molar-refractivity contribution in [3.05, 3.63) is 10.4 Å². The van der Waals surface area contributed by atoms with Crippen LogP contribution in [0.5, 0.6) is 0 Å². The Morgan fingerprint density at radius 1 is 1.36 bits per heavy atom. The molecule has 0 heterocycles. The summed E-state index contributed by atoms with van der Waals surface area (Å²) in [6.07, 6.45) is 5.00. The fraction of sp³-hybridized carbons (Fsp3) is 1.00. The Morgan fingerprint density at radius 3 is 2.57 bits per heavy atom. The highest BCUT2D eigenvalue weighted by atomic mass is 15.2. The van der Waals surface area contributed by atoms with Crippen molar-refractivity contribution in [2.24, 2.45) is 22.4 Å². The van der Waals surface area contributed by atoms with Gasteiger partial charge in [0.25, 0.3) is 0 Å². The summed E-state index contributed by atoms with van der Waals surface area (Å²) in [6.45, 7) is 6.71. The molecule has 0 amide bonds. The number of hydrogen-bond acceptors (Lipinski definition) is 1. The Balaban J connectivity index is 2.44. The molecular formula is C11H19N3. The van der Waals surface area contributed by atoms with E-state index in [9.17, 15) is 0 Å². The van der Waals surface area contributed by atoms with Crippen molar-refractivity contribution < 1.29 is 0 Å². The van der Waals surface area contributed by atoms with Gasteiger partial charge in [-0.15, -0.1) is 0 Å². The molecule has 0 radical (unpaired) electrons. The molecule has 2 bridgehead atoms. The zero-order chi connectivity index (χ0) is 10.4. The number of hydrogen-bond donors (Lipinski definition) is 0. The fourth-order valence-electron chi connectivity index (χ4n) is 3.89. The van der Waals surface area contributed by atoms with Crippen LogP contribution in [0.4, 0.5) is 0 Å². The van der Waals surface area contributed by atoms with Gasteiger partial charge in [0.05, 0.1) is 5.54 Å². The average Bonchev–Trinajstić information content (AvgIpc) is 2.71. The summed E-state index contributed by atoms with van der Waals surface area (Å²) in [5, 5.41) is 4.14. The van der Waals surface area contributed by atoms with Gasteiger partial charge in [0, 0.05) is 4.91 Å². The van der Waals surface area contributed by atoms with E-state index in [1.807, 2.05) is 0 Å². The van der Waals surface area contributed by atoms with Crippen molar-refractivity contribution >= 4 is 0 Å². The SMILES string of the molecule is CCC1(C)C2CCC(C2)C1(C)N=[N+]=[N-]. The maximum atomic E-state index is 8.71. The minimum atomic E-state index is -0.126. The number of nitrogens with zero attached hydrogens (tertiary/aromatic N) is 3. The van der Waals surface area contributed by atoms with Crippen LogP contribution in [0.25, 0.3) is 10.4 Å². The van der Waals surface area contributed by atoms with Crippen molar-refractivity contribution in [3.8, 4) is 0 Å². The monoisotopic (exact) mass is 193 g/mol. The van der Waals surface area contributed by atoms with Crippen LogP contribution < -0.4 is 0 Å². The van der Waals surface area contributed by atoms with Crippen molar-refractivity contribution in [1.82, 2.24) is 0 Å². The summed E-state index contributed by atoms with van der Waals surface area (Å²) in [4.78, 5) is 3.08. The molecule has 2 fully saturated rings. The molecule has 2 aliphatic rings. The van der Waals surface area contributed by atoms with Crippen molar-refractivity contribution in [1.29, 1.82) is 0 Å². The Morgan fingerprint density at radius 2 is 2.00 bits per heavy atom. The highest BCUT2D eigenvalue weighted by molar-refractivity contribution is 5.15. The van der Waals surface area contributed by atoms with Crippen LogP contribution in [-0.4, -0.2) is 5.54 Å². The molecule has 4 unspecified atom stereocenters. The Labute approximate surface area is 85.5 Å². The Bertz CT molecular complexity index is 295. The maximum Gasteiger partial charge on any atom is 0.0544 e. The molecule has 0 spiro atoms. The standard InChI is InChI=1S/C11H19N3/c1-4-10(2)8-5-6-9(7-8)11(10,3)13-14-12/h8-9H,4-7H2,1-3H3. The topological polar surface area (TPSA) is 48.8 Å². The van der Waals surface area contributed by atoms with Gasteiger partial charge in [0.2, 0.25) is 0 Å². The second-order valence-electron chi connectivity index (χ2n) is 5.31. The maximum absolute atomic E-state index is 8.71. The van der Waals surface area contributed by atoms with Gasteiger partial charge in [-0.25, -0.2) is 0 Å². The lowest BCUT2D eigenvalue weighted by Crippen LogP contribution is -2.46. The zero-order valence-electron chi connectivity index (χ0n) is 9.32. The van der Waals surface area contributed by atoms with Crippen LogP contribution in [0.1, 0.15) is 46.5 Å². The first-order chi connectivity index (χ1) is 6.58. The van der Waals surface area contributed by atoms with E-state index in [1.165, 1.54) is 19.3 Å². The van der Waals surface area contributed by atoms with Crippen molar-refractivity contribution in [3.63, 3.8) is 0 Å². The summed E-state index contributed by atoms with van der Waals surface area (Å²) in [7, 11) is 0. The van der Waals surface area contributed by atoms with Gasteiger partial charge in [-0.05, 0) is 48.5 Å². The number of rotatable bonds is 2. The first-order valence-electron chi connectivity index (χ1n) is 5.64. The summed E-state index contributed by atoms with van der Waals surface area (Å²) in [5.41, 5.74) is 8.82. The molecule has 2 aliphatic carbocycles. The van der Waals surface area contributed by atoms with Crippen LogP contribution in [0, 0.1) is 17.3 Å². The van der Waals surface area contributed by atoms with E-state index in [-0.39, 0.29) is 11.0 Å². The van der Waals surface area contributed by atoms with Crippen molar-refractivity contribution in [2.75, 3.05) is 0 Å². The van der Waals surface area contributed by atoms with E-state index in [2.05, 4.69) is 30.8 Å². The molecule has 78 valence electrons. The molecule has 0 aliphatic heterocycles. The number of fused-ring (bicyclic) bond motifs is 2. The minimum absolute atomic E-state index is 0.126. The molecule has 14 heavy (non-hydrogen) atoms. The normalized spacial score (nSPS) is 50.5. The smallest absolute Gasteiger partial charge is 0.0544 e. The molecule has 0 saturated heterocycles. The molecular weight excluding hydrogens is 174 g/mol. The third-order valence-corrected chi connectivity index (χ3v) is 5.27.